The number of carbonyl (C=O) groups excluding carboxylic acids is 1. The average molecular weight is 290 g/mol. The standard InChI is InChI=1S/C14H18N4O3/c1-4-18(8-12-16-13(9(2)3)17-21-12)14(20)10-6-5-7-11(19)15-10/h5-7,9H,4,8H2,1-3H3,(H,15,19). The van der Waals surface area contributed by atoms with Crippen LogP contribution in [-0.2, 0) is 6.54 Å². The zero-order valence-corrected chi connectivity index (χ0v) is 12.3. The molecule has 0 fully saturated rings. The Kier molecular flexibility index (Phi) is 4.52. The first-order valence-electron chi connectivity index (χ1n) is 6.82. The highest BCUT2D eigenvalue weighted by Gasteiger charge is 2.19. The van der Waals surface area contributed by atoms with Gasteiger partial charge < -0.3 is 14.4 Å². The molecule has 0 atom stereocenters. The summed E-state index contributed by atoms with van der Waals surface area (Å²) in [6, 6.07) is 4.48. The second-order valence-electron chi connectivity index (χ2n) is 4.95. The van der Waals surface area contributed by atoms with E-state index in [0.717, 1.165) is 0 Å². The van der Waals surface area contributed by atoms with Gasteiger partial charge in [-0.1, -0.05) is 25.1 Å². The van der Waals surface area contributed by atoms with Crippen LogP contribution in [0, 0.1) is 0 Å². The average Bonchev–Trinajstić information content (AvgIpc) is 2.93. The summed E-state index contributed by atoms with van der Waals surface area (Å²) in [6.45, 7) is 6.46. The van der Waals surface area contributed by atoms with E-state index in [0.29, 0.717) is 18.3 Å². The normalized spacial score (nSPS) is 10.9. The lowest BCUT2D eigenvalue weighted by Crippen LogP contribution is -2.32. The lowest BCUT2D eigenvalue weighted by Gasteiger charge is -2.18. The van der Waals surface area contributed by atoms with Crippen LogP contribution in [0.5, 0.6) is 0 Å². The molecule has 0 aromatic carbocycles. The van der Waals surface area contributed by atoms with E-state index in [1.54, 1.807) is 12.1 Å². The summed E-state index contributed by atoms with van der Waals surface area (Å²) in [4.78, 5) is 31.9. The monoisotopic (exact) mass is 290 g/mol. The first-order chi connectivity index (χ1) is 10.0. The van der Waals surface area contributed by atoms with Crippen molar-refractivity contribution in [2.24, 2.45) is 0 Å². The fourth-order valence-corrected chi connectivity index (χ4v) is 1.80. The summed E-state index contributed by atoms with van der Waals surface area (Å²) in [5.41, 5.74) is -0.0651. The number of nitrogens with one attached hydrogen (secondary N) is 1. The van der Waals surface area contributed by atoms with Gasteiger partial charge in [0.25, 0.3) is 5.91 Å². The van der Waals surface area contributed by atoms with E-state index < -0.39 is 0 Å². The number of carbonyl (C=O) groups is 1. The van der Waals surface area contributed by atoms with Gasteiger partial charge >= 0.3 is 0 Å². The Morgan fingerprint density at radius 3 is 2.76 bits per heavy atom. The number of H-pyrrole nitrogens is 1. The third-order valence-corrected chi connectivity index (χ3v) is 2.99. The Morgan fingerprint density at radius 2 is 2.19 bits per heavy atom. The summed E-state index contributed by atoms with van der Waals surface area (Å²) in [7, 11) is 0. The minimum absolute atomic E-state index is 0.166. The first kappa shape index (κ1) is 15.0. The summed E-state index contributed by atoms with van der Waals surface area (Å²) in [6.07, 6.45) is 0. The zero-order valence-electron chi connectivity index (χ0n) is 12.3. The number of aromatic amines is 1. The number of pyridine rings is 1. The fourth-order valence-electron chi connectivity index (χ4n) is 1.80. The van der Waals surface area contributed by atoms with E-state index >= 15 is 0 Å². The second kappa shape index (κ2) is 6.34. The SMILES string of the molecule is CCN(Cc1nc(C(C)C)no1)C(=O)c1cccc(=O)[nH]1. The van der Waals surface area contributed by atoms with Crippen LogP contribution in [0.3, 0.4) is 0 Å². The van der Waals surface area contributed by atoms with Crippen LogP contribution in [-0.4, -0.2) is 32.5 Å². The molecule has 2 heterocycles. The van der Waals surface area contributed by atoms with Crippen molar-refractivity contribution in [2.45, 2.75) is 33.2 Å². The topological polar surface area (TPSA) is 92.1 Å². The van der Waals surface area contributed by atoms with Crippen molar-refractivity contribution in [1.29, 1.82) is 0 Å². The van der Waals surface area contributed by atoms with Crippen molar-refractivity contribution < 1.29 is 9.32 Å². The van der Waals surface area contributed by atoms with Crippen LogP contribution in [0.25, 0.3) is 0 Å². The predicted octanol–water partition coefficient (Wildman–Crippen LogP) is 1.54. The van der Waals surface area contributed by atoms with Crippen molar-refractivity contribution >= 4 is 5.91 Å². The molecule has 0 saturated heterocycles. The van der Waals surface area contributed by atoms with E-state index in [1.807, 2.05) is 20.8 Å². The van der Waals surface area contributed by atoms with E-state index in [2.05, 4.69) is 15.1 Å². The van der Waals surface area contributed by atoms with Crippen LogP contribution >= 0.6 is 0 Å². The molecule has 2 aromatic rings. The van der Waals surface area contributed by atoms with Gasteiger partial charge in [-0.3, -0.25) is 9.59 Å². The van der Waals surface area contributed by atoms with Crippen LogP contribution in [0.4, 0.5) is 0 Å². The molecule has 0 bridgehead atoms. The van der Waals surface area contributed by atoms with Crippen molar-refractivity contribution in [1.82, 2.24) is 20.0 Å². The van der Waals surface area contributed by atoms with Crippen molar-refractivity contribution in [3.8, 4) is 0 Å². The Hall–Kier alpha value is -2.44. The number of aromatic nitrogens is 3. The maximum absolute atomic E-state index is 12.3. The Labute approximate surface area is 122 Å². The van der Waals surface area contributed by atoms with Gasteiger partial charge in [0.05, 0.1) is 0 Å². The Balaban J connectivity index is 2.15. The van der Waals surface area contributed by atoms with Gasteiger partial charge in [-0.25, -0.2) is 0 Å². The molecular formula is C14H18N4O3. The van der Waals surface area contributed by atoms with Crippen LogP contribution < -0.4 is 5.56 Å². The molecule has 2 aromatic heterocycles. The zero-order chi connectivity index (χ0) is 15.4. The molecule has 112 valence electrons. The van der Waals surface area contributed by atoms with E-state index in [4.69, 9.17) is 4.52 Å². The van der Waals surface area contributed by atoms with Crippen molar-refractivity contribution in [3.05, 3.63) is 46.0 Å². The highest BCUT2D eigenvalue weighted by Crippen LogP contribution is 2.12. The van der Waals surface area contributed by atoms with Crippen LogP contribution in [0.2, 0.25) is 0 Å². The molecule has 0 unspecified atom stereocenters. The number of hydrogen-bond acceptors (Lipinski definition) is 5. The molecular weight excluding hydrogens is 272 g/mol. The van der Waals surface area contributed by atoms with Crippen LogP contribution in [0.1, 0.15) is 48.9 Å². The highest BCUT2D eigenvalue weighted by atomic mass is 16.5. The lowest BCUT2D eigenvalue weighted by molar-refractivity contribution is 0.0728. The smallest absolute Gasteiger partial charge is 0.270 e. The van der Waals surface area contributed by atoms with E-state index in [9.17, 15) is 9.59 Å². The predicted molar refractivity (Wildman–Crippen MR) is 75.9 cm³/mol. The Bertz CT molecular complexity index is 675. The summed E-state index contributed by atoms with van der Waals surface area (Å²) in [5.74, 6) is 0.882. The number of rotatable bonds is 5. The highest BCUT2D eigenvalue weighted by molar-refractivity contribution is 5.92. The Morgan fingerprint density at radius 1 is 1.43 bits per heavy atom. The van der Waals surface area contributed by atoms with Gasteiger partial charge in [-0.2, -0.15) is 4.98 Å². The van der Waals surface area contributed by atoms with Gasteiger partial charge in [0.15, 0.2) is 5.82 Å². The molecule has 0 saturated carbocycles. The molecule has 1 amide bonds. The number of nitrogens with zero attached hydrogens (tertiary/aromatic N) is 3. The molecule has 1 N–H and O–H groups in total. The third kappa shape index (κ3) is 3.56. The van der Waals surface area contributed by atoms with Crippen LogP contribution in [0.15, 0.2) is 27.5 Å². The molecule has 7 heteroatoms. The quantitative estimate of drug-likeness (QED) is 0.901. The minimum atomic E-state index is -0.309. The second-order valence-corrected chi connectivity index (χ2v) is 4.95. The minimum Gasteiger partial charge on any atom is -0.337 e. The van der Waals surface area contributed by atoms with Gasteiger partial charge in [0, 0.05) is 18.5 Å². The fraction of sp³-hybridized carbons (Fsp3) is 0.429. The number of amides is 1. The van der Waals surface area contributed by atoms with Gasteiger partial charge in [-0.05, 0) is 13.0 Å². The molecule has 7 nitrogen and oxygen atoms in total. The summed E-state index contributed by atoms with van der Waals surface area (Å²) < 4.78 is 5.14. The maximum atomic E-state index is 12.3. The molecule has 0 spiro atoms. The number of hydrogen-bond donors (Lipinski definition) is 1. The summed E-state index contributed by atoms with van der Waals surface area (Å²) in [5, 5.41) is 3.87. The molecule has 0 radical (unpaired) electrons. The van der Waals surface area contributed by atoms with E-state index in [-0.39, 0.29) is 29.6 Å². The van der Waals surface area contributed by atoms with Gasteiger partial charge in [0.1, 0.15) is 12.2 Å². The van der Waals surface area contributed by atoms with Crippen molar-refractivity contribution in [2.75, 3.05) is 6.54 Å². The third-order valence-electron chi connectivity index (χ3n) is 2.99. The molecule has 2 rings (SSSR count). The van der Waals surface area contributed by atoms with E-state index in [1.165, 1.54) is 11.0 Å². The van der Waals surface area contributed by atoms with Crippen molar-refractivity contribution in [3.63, 3.8) is 0 Å². The molecule has 0 aliphatic rings. The summed E-state index contributed by atoms with van der Waals surface area (Å²) >= 11 is 0. The largest absolute Gasteiger partial charge is 0.337 e. The van der Waals surface area contributed by atoms with Gasteiger partial charge in [-0.15, -0.1) is 0 Å². The van der Waals surface area contributed by atoms with Gasteiger partial charge in [0.2, 0.25) is 11.4 Å². The molecule has 0 aliphatic heterocycles. The first-order valence-corrected chi connectivity index (χ1v) is 6.82. The lowest BCUT2D eigenvalue weighted by atomic mass is 10.2. The maximum Gasteiger partial charge on any atom is 0.270 e. The molecule has 21 heavy (non-hydrogen) atoms. The molecule has 0 aliphatic carbocycles.